The minimum atomic E-state index is 0.186. The Morgan fingerprint density at radius 1 is 0.415 bits per heavy atom. The number of thioether (sulfide) groups is 1. The van der Waals surface area contributed by atoms with E-state index in [9.17, 15) is 0 Å². The first-order valence-corrected chi connectivity index (χ1v) is 20.0. The molecule has 0 aromatic heterocycles. The topological polar surface area (TPSA) is 0 Å². The summed E-state index contributed by atoms with van der Waals surface area (Å²) in [7, 11) is 0. The van der Waals surface area contributed by atoms with Crippen LogP contribution in [0.2, 0.25) is 0 Å². The fourth-order valence-corrected chi connectivity index (χ4v) is 11.9. The lowest BCUT2D eigenvalue weighted by molar-refractivity contribution is 0.260. The van der Waals surface area contributed by atoms with Crippen molar-refractivity contribution in [3.8, 4) is 44.5 Å². The molecule has 254 valence electrons. The van der Waals surface area contributed by atoms with E-state index in [0.717, 1.165) is 0 Å². The Balaban J connectivity index is 1.27. The molecule has 9 aromatic rings. The average molecular weight is 697 g/mol. The normalized spacial score (nSPS) is 19.7. The molecule has 2 aliphatic rings. The molecular formula is C52H40S. The van der Waals surface area contributed by atoms with Crippen LogP contribution >= 0.6 is 11.8 Å². The lowest BCUT2D eigenvalue weighted by Crippen LogP contribution is -2.43. The molecular weight excluding hydrogens is 657 g/mol. The van der Waals surface area contributed by atoms with Crippen molar-refractivity contribution in [1.29, 1.82) is 0 Å². The Labute approximate surface area is 315 Å². The highest BCUT2D eigenvalue weighted by Crippen LogP contribution is 2.63. The zero-order valence-corrected chi connectivity index (χ0v) is 31.1. The zero-order chi connectivity index (χ0) is 35.3. The second-order valence-electron chi connectivity index (χ2n) is 15.9. The van der Waals surface area contributed by atoms with Crippen molar-refractivity contribution in [2.45, 2.75) is 54.6 Å². The molecule has 2 unspecified atom stereocenters. The van der Waals surface area contributed by atoms with Crippen molar-refractivity contribution in [1.82, 2.24) is 0 Å². The molecule has 0 amide bonds. The molecule has 0 saturated heterocycles. The molecule has 1 saturated carbocycles. The molecule has 2 atom stereocenters. The van der Waals surface area contributed by atoms with E-state index in [-0.39, 0.29) is 10.2 Å². The molecule has 9 aromatic carbocycles. The maximum atomic E-state index is 2.58. The first kappa shape index (κ1) is 31.2. The van der Waals surface area contributed by atoms with E-state index in [1.165, 1.54) is 118 Å². The van der Waals surface area contributed by atoms with Gasteiger partial charge in [-0.05, 0) is 137 Å². The highest BCUT2D eigenvalue weighted by molar-refractivity contribution is 8.01. The van der Waals surface area contributed by atoms with E-state index in [1.807, 2.05) is 0 Å². The van der Waals surface area contributed by atoms with Crippen LogP contribution in [0.5, 0.6) is 0 Å². The Morgan fingerprint density at radius 3 is 1.64 bits per heavy atom. The van der Waals surface area contributed by atoms with Gasteiger partial charge in [0.2, 0.25) is 0 Å². The molecule has 0 spiro atoms. The van der Waals surface area contributed by atoms with Gasteiger partial charge in [-0.1, -0.05) is 153 Å². The van der Waals surface area contributed by atoms with E-state index < -0.39 is 0 Å². The number of hydrogen-bond donors (Lipinski definition) is 0. The van der Waals surface area contributed by atoms with Crippen molar-refractivity contribution in [2.24, 2.45) is 0 Å². The Bertz CT molecular complexity index is 2880. The minimum Gasteiger partial charge on any atom is -0.118 e. The summed E-state index contributed by atoms with van der Waals surface area (Å²) >= 11 is 2.13. The molecule has 11 rings (SSSR count). The van der Waals surface area contributed by atoms with Crippen molar-refractivity contribution in [3.05, 3.63) is 163 Å². The molecule has 0 nitrogen and oxygen atoms in total. The molecule has 1 heteroatoms. The van der Waals surface area contributed by atoms with Gasteiger partial charge in [0.25, 0.3) is 0 Å². The van der Waals surface area contributed by atoms with E-state index in [2.05, 4.69) is 183 Å². The third-order valence-corrected chi connectivity index (χ3v) is 14.8. The van der Waals surface area contributed by atoms with Crippen LogP contribution in [0.3, 0.4) is 0 Å². The first-order valence-electron chi connectivity index (χ1n) is 19.2. The number of benzene rings is 9. The summed E-state index contributed by atoms with van der Waals surface area (Å²) in [6.07, 6.45) is 5.20. The third-order valence-electron chi connectivity index (χ3n) is 13.1. The van der Waals surface area contributed by atoms with E-state index >= 15 is 0 Å². The van der Waals surface area contributed by atoms with Crippen molar-refractivity contribution in [3.63, 3.8) is 0 Å². The van der Waals surface area contributed by atoms with E-state index in [0.29, 0.717) is 0 Å². The highest BCUT2D eigenvalue weighted by atomic mass is 32.2. The Hall–Kier alpha value is -5.37. The van der Waals surface area contributed by atoms with Gasteiger partial charge in [0.1, 0.15) is 0 Å². The SMILES string of the molecule is CC12CCCCC1(C)c1cc(-c3cc(-c4ccccc4)c4ccc5c(-c6cccc7ccccc67)cc(-c6ccccc6)c6ccc3c4c65)ccc1S2. The molecule has 0 radical (unpaired) electrons. The fraction of sp³-hybridized carbons (Fsp3) is 0.154. The van der Waals surface area contributed by atoms with Gasteiger partial charge in [-0.2, -0.15) is 0 Å². The van der Waals surface area contributed by atoms with Crippen LogP contribution in [-0.2, 0) is 5.41 Å². The molecule has 1 aliphatic carbocycles. The average Bonchev–Trinajstić information content (AvgIpc) is 3.45. The van der Waals surface area contributed by atoms with Crippen LogP contribution in [0.15, 0.2) is 163 Å². The fourth-order valence-electron chi connectivity index (χ4n) is 10.2. The summed E-state index contributed by atoms with van der Waals surface area (Å²) < 4.78 is 0.260. The van der Waals surface area contributed by atoms with E-state index in [4.69, 9.17) is 0 Å². The smallest absolute Gasteiger partial charge is 0.0273 e. The molecule has 0 bridgehead atoms. The summed E-state index contributed by atoms with van der Waals surface area (Å²) in [6, 6.07) is 59.6. The van der Waals surface area contributed by atoms with Gasteiger partial charge in [0.15, 0.2) is 0 Å². The first-order chi connectivity index (χ1) is 26.0. The van der Waals surface area contributed by atoms with Gasteiger partial charge in [0, 0.05) is 15.1 Å². The van der Waals surface area contributed by atoms with Gasteiger partial charge >= 0.3 is 0 Å². The summed E-state index contributed by atoms with van der Waals surface area (Å²) in [5.74, 6) is 0. The van der Waals surface area contributed by atoms with Crippen LogP contribution in [0.25, 0.3) is 87.6 Å². The Morgan fingerprint density at radius 2 is 0.962 bits per heavy atom. The summed E-state index contributed by atoms with van der Waals surface area (Å²) in [5, 5.41) is 10.5. The van der Waals surface area contributed by atoms with Gasteiger partial charge in [-0.15, -0.1) is 11.8 Å². The zero-order valence-electron chi connectivity index (χ0n) is 30.2. The molecule has 1 fully saturated rings. The molecule has 1 aliphatic heterocycles. The molecule has 53 heavy (non-hydrogen) atoms. The van der Waals surface area contributed by atoms with Crippen LogP contribution in [0.4, 0.5) is 0 Å². The lowest BCUT2D eigenvalue weighted by atomic mass is 9.64. The Kier molecular flexibility index (Phi) is 6.80. The molecule has 0 N–H and O–H groups in total. The number of hydrogen-bond acceptors (Lipinski definition) is 1. The van der Waals surface area contributed by atoms with Crippen LogP contribution in [-0.4, -0.2) is 4.75 Å². The largest absolute Gasteiger partial charge is 0.118 e. The second kappa shape index (κ2) is 11.6. The maximum absolute atomic E-state index is 2.58. The van der Waals surface area contributed by atoms with Gasteiger partial charge in [-0.25, -0.2) is 0 Å². The lowest BCUT2D eigenvalue weighted by Gasteiger charge is -2.45. The standard InChI is InChI=1S/C52H40S/c1-51-28-11-12-29-52(51,2)53-48-27-22-36(30-47(48)51)45-31-43(34-14-5-3-6-15-34)39-25-26-42-46(38-21-13-19-33-18-9-10-20-37(33)38)32-44(35-16-7-4-8-17-35)40-23-24-41(45)49(39)50(40)42/h3-10,13-27,30-32H,11-12,28-29H2,1-2H3. The predicted molar refractivity (Wildman–Crippen MR) is 229 cm³/mol. The monoisotopic (exact) mass is 696 g/mol. The minimum absolute atomic E-state index is 0.186. The van der Waals surface area contributed by atoms with Crippen LogP contribution in [0, 0.1) is 0 Å². The van der Waals surface area contributed by atoms with Crippen molar-refractivity contribution in [2.75, 3.05) is 0 Å². The van der Waals surface area contributed by atoms with Crippen LogP contribution in [0.1, 0.15) is 45.1 Å². The summed E-state index contributed by atoms with van der Waals surface area (Å²) in [4.78, 5) is 1.48. The molecule has 1 heterocycles. The van der Waals surface area contributed by atoms with Crippen LogP contribution < -0.4 is 0 Å². The van der Waals surface area contributed by atoms with Crippen molar-refractivity contribution >= 4 is 54.9 Å². The highest BCUT2D eigenvalue weighted by Gasteiger charge is 2.53. The number of rotatable bonds is 4. The van der Waals surface area contributed by atoms with Gasteiger partial charge in [-0.3, -0.25) is 0 Å². The van der Waals surface area contributed by atoms with Gasteiger partial charge in [0.05, 0.1) is 0 Å². The quantitative estimate of drug-likeness (QED) is 0.165. The predicted octanol–water partition coefficient (Wildman–Crippen LogP) is 15.1. The third kappa shape index (κ3) is 4.50. The maximum Gasteiger partial charge on any atom is 0.0273 e. The second-order valence-corrected chi connectivity index (χ2v) is 17.4. The van der Waals surface area contributed by atoms with E-state index in [1.54, 1.807) is 5.56 Å². The summed E-state index contributed by atoms with van der Waals surface area (Å²) in [6.45, 7) is 5.08. The summed E-state index contributed by atoms with van der Waals surface area (Å²) in [5.41, 5.74) is 12.0. The van der Waals surface area contributed by atoms with Crippen molar-refractivity contribution < 1.29 is 0 Å². The number of fused-ring (bicyclic) bond motifs is 4. The van der Waals surface area contributed by atoms with Gasteiger partial charge < -0.3 is 0 Å².